The zero-order valence-corrected chi connectivity index (χ0v) is 17.9. The number of aliphatic hydroxyl groups is 1. The predicted molar refractivity (Wildman–Crippen MR) is 114 cm³/mol. The van der Waals surface area contributed by atoms with Gasteiger partial charge in [0.2, 0.25) is 0 Å². The van der Waals surface area contributed by atoms with E-state index in [1.54, 1.807) is 36.4 Å². The van der Waals surface area contributed by atoms with Crippen molar-refractivity contribution in [2.75, 3.05) is 13.7 Å². The van der Waals surface area contributed by atoms with Crippen molar-refractivity contribution in [1.29, 1.82) is 0 Å². The molecule has 0 aliphatic carbocycles. The van der Waals surface area contributed by atoms with Crippen molar-refractivity contribution in [1.82, 2.24) is 0 Å². The van der Waals surface area contributed by atoms with Crippen LogP contribution in [0.15, 0.2) is 73.3 Å². The fraction of sp³-hybridized carbons (Fsp3) is 0.292. The van der Waals surface area contributed by atoms with Crippen molar-refractivity contribution in [3.8, 4) is 0 Å². The van der Waals surface area contributed by atoms with Gasteiger partial charge in [0.15, 0.2) is 24.6 Å². The van der Waals surface area contributed by atoms with Gasteiger partial charge < -0.3 is 28.8 Å². The van der Waals surface area contributed by atoms with Gasteiger partial charge in [-0.15, -0.1) is 6.58 Å². The lowest BCUT2D eigenvalue weighted by atomic mass is 9.98. The predicted octanol–water partition coefficient (Wildman–Crippen LogP) is 1.90. The third-order valence-corrected chi connectivity index (χ3v) is 4.84. The van der Waals surface area contributed by atoms with E-state index in [4.69, 9.17) is 18.9 Å². The molecule has 3 rings (SSSR count). The molecule has 9 nitrogen and oxygen atoms in total. The number of carbonyl (C=O) groups is 3. The van der Waals surface area contributed by atoms with Crippen molar-refractivity contribution in [3.63, 3.8) is 0 Å². The van der Waals surface area contributed by atoms with Crippen LogP contribution in [-0.4, -0.2) is 67.4 Å². The smallest absolute Gasteiger partial charge is 0.338 e. The largest absolute Gasteiger partial charge is 0.467 e. The maximum absolute atomic E-state index is 12.7. The minimum Gasteiger partial charge on any atom is -0.467 e. The minimum atomic E-state index is -1.71. The van der Waals surface area contributed by atoms with E-state index in [1.165, 1.54) is 30.3 Å². The summed E-state index contributed by atoms with van der Waals surface area (Å²) < 4.78 is 26.9. The van der Waals surface area contributed by atoms with E-state index >= 15 is 0 Å². The van der Waals surface area contributed by atoms with Crippen LogP contribution in [0.25, 0.3) is 0 Å². The zero-order chi connectivity index (χ0) is 23.8. The van der Waals surface area contributed by atoms with Gasteiger partial charge in [-0.3, -0.25) is 0 Å². The number of hydrogen-bond acceptors (Lipinski definition) is 9. The lowest BCUT2D eigenvalue weighted by Gasteiger charge is -2.42. The molecule has 33 heavy (non-hydrogen) atoms. The fourth-order valence-electron chi connectivity index (χ4n) is 3.22. The number of methoxy groups -OCH3 is 1. The number of benzene rings is 2. The molecule has 5 atom stereocenters. The Morgan fingerprint density at radius 2 is 1.45 bits per heavy atom. The van der Waals surface area contributed by atoms with Crippen LogP contribution in [0.5, 0.6) is 0 Å². The Labute approximate surface area is 190 Å². The average molecular weight is 456 g/mol. The molecule has 0 unspecified atom stereocenters. The zero-order valence-electron chi connectivity index (χ0n) is 17.9. The molecule has 0 amide bonds. The minimum absolute atomic E-state index is 0.0343. The molecule has 1 saturated heterocycles. The van der Waals surface area contributed by atoms with E-state index in [9.17, 15) is 19.5 Å². The van der Waals surface area contributed by atoms with E-state index in [1.807, 2.05) is 0 Å². The molecule has 174 valence electrons. The number of hydrogen-bond donors (Lipinski definition) is 1. The molecule has 0 saturated carbocycles. The van der Waals surface area contributed by atoms with Crippen LogP contribution < -0.4 is 0 Å². The molecule has 0 aromatic heterocycles. The van der Waals surface area contributed by atoms with Gasteiger partial charge in [-0.2, -0.15) is 0 Å². The van der Waals surface area contributed by atoms with Crippen LogP contribution in [0.4, 0.5) is 0 Å². The molecule has 0 bridgehead atoms. The quantitative estimate of drug-likeness (QED) is 0.361. The first-order chi connectivity index (χ1) is 16.0. The number of esters is 3. The third-order valence-electron chi connectivity index (χ3n) is 4.84. The van der Waals surface area contributed by atoms with Crippen molar-refractivity contribution < 1.29 is 43.2 Å². The molecule has 1 heterocycles. The number of carbonyl (C=O) groups excluding carboxylic acids is 3. The average Bonchev–Trinajstić information content (AvgIpc) is 2.86. The second-order valence-corrected chi connectivity index (χ2v) is 7.03. The van der Waals surface area contributed by atoms with Crippen LogP contribution in [-0.2, 0) is 28.5 Å². The topological polar surface area (TPSA) is 118 Å². The lowest BCUT2D eigenvalue weighted by molar-refractivity contribution is -0.290. The number of rotatable bonds is 8. The molecule has 2 aromatic carbocycles. The highest BCUT2D eigenvalue weighted by Crippen LogP contribution is 2.29. The van der Waals surface area contributed by atoms with E-state index in [-0.39, 0.29) is 17.7 Å². The Balaban J connectivity index is 1.94. The summed E-state index contributed by atoms with van der Waals surface area (Å²) in [5.41, 5.74) is 0.417. The molecule has 1 N–H and O–H groups in total. The van der Waals surface area contributed by atoms with Crippen LogP contribution in [0, 0.1) is 0 Å². The summed E-state index contributed by atoms with van der Waals surface area (Å²) >= 11 is 0. The lowest BCUT2D eigenvalue weighted by Crippen LogP contribution is -2.63. The first-order valence-electron chi connectivity index (χ1n) is 10.1. The molecule has 1 aliphatic rings. The highest BCUT2D eigenvalue weighted by Gasteiger charge is 2.53. The van der Waals surface area contributed by atoms with E-state index in [0.29, 0.717) is 0 Å². The maximum atomic E-state index is 12.7. The normalized spacial score (nSPS) is 24.4. The fourth-order valence-corrected chi connectivity index (χ4v) is 3.22. The van der Waals surface area contributed by atoms with Gasteiger partial charge in [0.1, 0.15) is 6.10 Å². The Morgan fingerprint density at radius 3 is 1.94 bits per heavy atom. The maximum Gasteiger partial charge on any atom is 0.338 e. The highest BCUT2D eigenvalue weighted by atomic mass is 16.7. The second-order valence-electron chi connectivity index (χ2n) is 7.03. The van der Waals surface area contributed by atoms with Gasteiger partial charge in [-0.1, -0.05) is 42.5 Å². The van der Waals surface area contributed by atoms with Crippen molar-refractivity contribution in [2.24, 2.45) is 0 Å². The Hall–Kier alpha value is -3.53. The summed E-state index contributed by atoms with van der Waals surface area (Å²) in [5, 5.41) is 10.9. The molecule has 2 aromatic rings. The van der Waals surface area contributed by atoms with Crippen LogP contribution in [0.3, 0.4) is 0 Å². The highest BCUT2D eigenvalue weighted by molar-refractivity contribution is 5.90. The van der Waals surface area contributed by atoms with Gasteiger partial charge in [0.05, 0.1) is 24.8 Å². The Kier molecular flexibility index (Phi) is 8.31. The van der Waals surface area contributed by atoms with Gasteiger partial charge >= 0.3 is 17.9 Å². The van der Waals surface area contributed by atoms with Crippen LogP contribution in [0.1, 0.15) is 20.7 Å². The third kappa shape index (κ3) is 5.83. The molecule has 1 aliphatic heterocycles. The molecular weight excluding hydrogens is 432 g/mol. The van der Waals surface area contributed by atoms with Crippen molar-refractivity contribution >= 4 is 17.9 Å². The Bertz CT molecular complexity index is 960. The van der Waals surface area contributed by atoms with Gasteiger partial charge in [-0.05, 0) is 24.3 Å². The SMILES string of the molecule is C=CCO[C@@H]1O[C@H](C(=O)OC)[C@@H](O)[C@H](OC(=O)c2ccccc2)[C@H]1OC(=O)c1ccccc1. The monoisotopic (exact) mass is 456 g/mol. The van der Waals surface area contributed by atoms with E-state index in [2.05, 4.69) is 11.3 Å². The molecular formula is C24H24O9. The molecule has 0 radical (unpaired) electrons. The van der Waals surface area contributed by atoms with Gasteiger partial charge in [-0.25, -0.2) is 14.4 Å². The van der Waals surface area contributed by atoms with Crippen LogP contribution in [0.2, 0.25) is 0 Å². The van der Waals surface area contributed by atoms with Gasteiger partial charge in [0, 0.05) is 0 Å². The number of aliphatic hydroxyl groups excluding tert-OH is 1. The standard InChI is InChI=1S/C24H24O9/c1-3-14-30-24-20(32-22(27)16-12-8-5-9-13-16)18(17(25)19(33-24)23(28)29-2)31-21(26)15-10-6-4-7-11-15/h3-13,17-20,24-25H,1,14H2,2H3/t17-,18-,19-,20+,24+/m0/s1. The first-order valence-corrected chi connectivity index (χ1v) is 10.1. The van der Waals surface area contributed by atoms with E-state index < -0.39 is 48.6 Å². The summed E-state index contributed by atoms with van der Waals surface area (Å²) in [5.74, 6) is -2.47. The van der Waals surface area contributed by atoms with Crippen molar-refractivity contribution in [3.05, 3.63) is 84.4 Å². The molecule has 0 spiro atoms. The summed E-state index contributed by atoms with van der Waals surface area (Å²) in [6.45, 7) is 3.52. The summed E-state index contributed by atoms with van der Waals surface area (Å²) in [7, 11) is 1.12. The summed E-state index contributed by atoms with van der Waals surface area (Å²) in [6, 6.07) is 16.1. The number of ether oxygens (including phenoxy) is 5. The Morgan fingerprint density at radius 1 is 0.939 bits per heavy atom. The second kappa shape index (κ2) is 11.4. The summed E-state index contributed by atoms with van der Waals surface area (Å²) in [4.78, 5) is 37.7. The van der Waals surface area contributed by atoms with Crippen molar-refractivity contribution in [2.45, 2.75) is 30.7 Å². The van der Waals surface area contributed by atoms with Gasteiger partial charge in [0.25, 0.3) is 0 Å². The first kappa shape index (κ1) is 24.1. The summed E-state index contributed by atoms with van der Waals surface area (Å²) in [6.07, 6.45) is -6.11. The molecule has 9 heteroatoms. The van der Waals surface area contributed by atoms with E-state index in [0.717, 1.165) is 7.11 Å². The van der Waals surface area contributed by atoms with Crippen LogP contribution >= 0.6 is 0 Å². The molecule has 1 fully saturated rings.